The number of nitrogens with zero attached hydrogens (tertiary/aromatic N) is 2. The van der Waals surface area contributed by atoms with Crippen LogP contribution in [0.15, 0.2) is 47.4 Å². The van der Waals surface area contributed by atoms with Crippen LogP contribution >= 0.6 is 11.8 Å². The lowest BCUT2D eigenvalue weighted by Crippen LogP contribution is -2.15. The zero-order valence-corrected chi connectivity index (χ0v) is 16.2. The van der Waals surface area contributed by atoms with Gasteiger partial charge in [0.25, 0.3) is 0 Å². The Morgan fingerprint density at radius 3 is 2.61 bits per heavy atom. The number of nitrogen functional groups attached to an aromatic ring is 2. The fourth-order valence-corrected chi connectivity index (χ4v) is 4.38. The summed E-state index contributed by atoms with van der Waals surface area (Å²) < 4.78 is 11.3. The predicted octanol–water partition coefficient (Wildman–Crippen LogP) is 4.42. The maximum Gasteiger partial charge on any atom is 0.228 e. The Morgan fingerprint density at radius 1 is 1.18 bits per heavy atom. The van der Waals surface area contributed by atoms with Crippen LogP contribution < -0.4 is 20.9 Å². The number of pyridine rings is 1. The molecule has 0 amide bonds. The van der Waals surface area contributed by atoms with Gasteiger partial charge in [-0.1, -0.05) is 23.8 Å². The van der Waals surface area contributed by atoms with E-state index in [0.29, 0.717) is 28.6 Å². The largest absolute Gasteiger partial charge is 0.497 e. The van der Waals surface area contributed by atoms with Crippen LogP contribution in [0.4, 0.5) is 11.5 Å². The molecule has 0 bridgehead atoms. The summed E-state index contributed by atoms with van der Waals surface area (Å²) in [4.78, 5) is 5.37. The maximum absolute atomic E-state index is 9.46. The van der Waals surface area contributed by atoms with Gasteiger partial charge in [0.05, 0.1) is 23.6 Å². The van der Waals surface area contributed by atoms with E-state index < -0.39 is 0 Å². The number of rotatable bonds is 3. The minimum Gasteiger partial charge on any atom is -0.497 e. The van der Waals surface area contributed by atoms with E-state index >= 15 is 0 Å². The number of nitriles is 1. The third-order valence-corrected chi connectivity index (χ3v) is 5.90. The number of aromatic nitrogens is 1. The lowest BCUT2D eigenvalue weighted by molar-refractivity contribution is 0.402. The molecule has 140 valence electrons. The molecule has 1 aromatic heterocycles. The van der Waals surface area contributed by atoms with Crippen LogP contribution in [0.25, 0.3) is 0 Å². The highest BCUT2D eigenvalue weighted by Crippen LogP contribution is 2.54. The van der Waals surface area contributed by atoms with E-state index in [1.807, 2.05) is 25.1 Å². The van der Waals surface area contributed by atoms with Gasteiger partial charge in [0, 0.05) is 16.5 Å². The van der Waals surface area contributed by atoms with Crippen molar-refractivity contribution < 1.29 is 9.47 Å². The minimum atomic E-state index is -0.201. The van der Waals surface area contributed by atoms with Gasteiger partial charge in [0.2, 0.25) is 5.88 Å². The van der Waals surface area contributed by atoms with Crippen LogP contribution in [0.5, 0.6) is 17.4 Å². The Kier molecular flexibility index (Phi) is 4.49. The second kappa shape index (κ2) is 6.98. The van der Waals surface area contributed by atoms with Gasteiger partial charge in [-0.15, -0.1) is 11.8 Å². The first-order chi connectivity index (χ1) is 13.5. The van der Waals surface area contributed by atoms with Gasteiger partial charge < -0.3 is 20.9 Å². The van der Waals surface area contributed by atoms with Gasteiger partial charge in [-0.05, 0) is 25.1 Å². The smallest absolute Gasteiger partial charge is 0.228 e. The Bertz CT molecular complexity index is 1110. The van der Waals surface area contributed by atoms with Crippen molar-refractivity contribution in [3.05, 3.63) is 64.7 Å². The molecule has 1 aliphatic rings. The second-order valence-corrected chi connectivity index (χ2v) is 7.61. The second-order valence-electron chi connectivity index (χ2n) is 6.43. The summed E-state index contributed by atoms with van der Waals surface area (Å²) in [6.45, 7) is 2.05. The molecule has 2 heterocycles. The Balaban J connectivity index is 1.90. The van der Waals surface area contributed by atoms with E-state index in [1.54, 1.807) is 18.9 Å². The summed E-state index contributed by atoms with van der Waals surface area (Å²) in [6, 6.07) is 15.9. The Morgan fingerprint density at radius 2 is 1.93 bits per heavy atom. The number of thioether (sulfide) groups is 1. The average Bonchev–Trinajstić information content (AvgIpc) is 2.69. The zero-order chi connectivity index (χ0) is 19.8. The van der Waals surface area contributed by atoms with Crippen molar-refractivity contribution in [2.75, 3.05) is 18.6 Å². The van der Waals surface area contributed by atoms with Gasteiger partial charge in [-0.25, -0.2) is 0 Å². The van der Waals surface area contributed by atoms with Gasteiger partial charge >= 0.3 is 0 Å². The Labute approximate surface area is 167 Å². The molecule has 0 spiro atoms. The van der Waals surface area contributed by atoms with Crippen molar-refractivity contribution in [2.45, 2.75) is 17.1 Å². The molecule has 0 aliphatic carbocycles. The summed E-state index contributed by atoms with van der Waals surface area (Å²) in [5.74, 6) is 1.69. The van der Waals surface area contributed by atoms with Crippen molar-refractivity contribution in [1.82, 2.24) is 4.98 Å². The standard InChI is InChI=1S/C21H18N4O2S/c1-11-3-6-13(7-4-11)28-19-14-8-5-12(26-2)9-16(14)27-21-17(19)18(23)15(10-22)20(24)25-21/h3-9,19H,1-2H3,(H4,23,24,25). The number of fused-ring (bicyclic) bond motifs is 2. The van der Waals surface area contributed by atoms with Crippen molar-refractivity contribution in [3.63, 3.8) is 0 Å². The quantitative estimate of drug-likeness (QED) is 0.681. The third kappa shape index (κ3) is 2.98. The van der Waals surface area contributed by atoms with Crippen LogP contribution in [-0.4, -0.2) is 12.1 Å². The van der Waals surface area contributed by atoms with Crippen LogP contribution in [0, 0.1) is 18.3 Å². The lowest BCUT2D eigenvalue weighted by atomic mass is 9.98. The van der Waals surface area contributed by atoms with E-state index in [0.717, 1.165) is 10.5 Å². The van der Waals surface area contributed by atoms with E-state index in [9.17, 15) is 5.26 Å². The first-order valence-corrected chi connectivity index (χ1v) is 9.48. The molecule has 4 N–H and O–H groups in total. The molecular weight excluding hydrogens is 372 g/mol. The van der Waals surface area contributed by atoms with Gasteiger partial charge in [0.15, 0.2) is 0 Å². The van der Waals surface area contributed by atoms with Crippen LogP contribution in [0.2, 0.25) is 0 Å². The summed E-state index contributed by atoms with van der Waals surface area (Å²) in [5.41, 5.74) is 15.5. The Hall–Kier alpha value is -3.37. The topological polar surface area (TPSA) is 107 Å². The molecular formula is C21H18N4O2S. The molecule has 0 saturated heterocycles. The van der Waals surface area contributed by atoms with E-state index in [4.69, 9.17) is 20.9 Å². The summed E-state index contributed by atoms with van der Waals surface area (Å²) in [6.07, 6.45) is 0. The highest BCUT2D eigenvalue weighted by molar-refractivity contribution is 7.99. The first kappa shape index (κ1) is 18.0. The summed E-state index contributed by atoms with van der Waals surface area (Å²) >= 11 is 1.62. The predicted molar refractivity (Wildman–Crippen MR) is 110 cm³/mol. The van der Waals surface area contributed by atoms with E-state index in [-0.39, 0.29) is 16.6 Å². The number of methoxy groups -OCH3 is 1. The maximum atomic E-state index is 9.46. The molecule has 28 heavy (non-hydrogen) atoms. The van der Waals surface area contributed by atoms with Crippen molar-refractivity contribution in [2.24, 2.45) is 0 Å². The van der Waals surface area contributed by atoms with Crippen LogP contribution in [0.1, 0.15) is 27.5 Å². The molecule has 1 atom stereocenters. The third-order valence-electron chi connectivity index (χ3n) is 4.63. The summed E-state index contributed by atoms with van der Waals surface area (Å²) in [7, 11) is 1.60. The molecule has 1 aliphatic heterocycles. The molecule has 1 unspecified atom stereocenters. The minimum absolute atomic E-state index is 0.0594. The molecule has 2 aromatic carbocycles. The summed E-state index contributed by atoms with van der Waals surface area (Å²) in [5, 5.41) is 9.26. The number of benzene rings is 2. The lowest BCUT2D eigenvalue weighted by Gasteiger charge is -2.29. The average molecular weight is 390 g/mol. The van der Waals surface area contributed by atoms with E-state index in [1.165, 1.54) is 5.56 Å². The fraction of sp³-hybridized carbons (Fsp3) is 0.143. The monoisotopic (exact) mass is 390 g/mol. The van der Waals surface area contributed by atoms with Gasteiger partial charge in [0.1, 0.15) is 28.9 Å². The highest BCUT2D eigenvalue weighted by atomic mass is 32.2. The molecule has 3 aromatic rings. The van der Waals surface area contributed by atoms with Crippen molar-refractivity contribution in [3.8, 4) is 23.4 Å². The van der Waals surface area contributed by atoms with Crippen molar-refractivity contribution in [1.29, 1.82) is 5.26 Å². The molecule has 4 rings (SSSR count). The van der Waals surface area contributed by atoms with Crippen LogP contribution in [-0.2, 0) is 0 Å². The van der Waals surface area contributed by atoms with Gasteiger partial charge in [-0.2, -0.15) is 10.2 Å². The molecule has 0 saturated carbocycles. The fourth-order valence-electron chi connectivity index (χ4n) is 3.14. The SMILES string of the molecule is COc1ccc2c(c1)Oc1nc(N)c(C#N)c(N)c1C2Sc1ccc(C)cc1. The number of hydrogen-bond donors (Lipinski definition) is 2. The normalized spacial score (nSPS) is 14.4. The number of anilines is 2. The molecule has 0 fully saturated rings. The molecule has 6 nitrogen and oxygen atoms in total. The van der Waals surface area contributed by atoms with E-state index in [2.05, 4.69) is 35.3 Å². The molecule has 7 heteroatoms. The van der Waals surface area contributed by atoms with Crippen LogP contribution in [0.3, 0.4) is 0 Å². The molecule has 0 radical (unpaired) electrons. The van der Waals surface area contributed by atoms with Gasteiger partial charge in [-0.3, -0.25) is 0 Å². The number of hydrogen-bond acceptors (Lipinski definition) is 7. The number of ether oxygens (including phenoxy) is 2. The first-order valence-electron chi connectivity index (χ1n) is 8.60. The van der Waals surface area contributed by atoms with Crippen molar-refractivity contribution >= 4 is 23.3 Å². The zero-order valence-electron chi connectivity index (χ0n) is 15.4. The number of nitrogens with two attached hydrogens (primary N) is 2. The number of aryl methyl sites for hydroxylation is 1. The highest BCUT2D eigenvalue weighted by Gasteiger charge is 2.33.